The number of nitrogens with zero attached hydrogens (tertiary/aromatic N) is 3. The molecule has 1 unspecified atom stereocenters. The molecule has 1 atom stereocenters. The predicted octanol–water partition coefficient (Wildman–Crippen LogP) is -1.85. The van der Waals surface area contributed by atoms with Crippen LogP contribution in [0.25, 0.3) is 0 Å². The van der Waals surface area contributed by atoms with Crippen molar-refractivity contribution < 1.29 is 21.2 Å². The molecule has 0 spiro atoms. The van der Waals surface area contributed by atoms with Crippen molar-refractivity contribution in [3.05, 3.63) is 22.7 Å². The van der Waals surface area contributed by atoms with Crippen molar-refractivity contribution in [2.24, 2.45) is 0 Å². The summed E-state index contributed by atoms with van der Waals surface area (Å²) in [5.41, 5.74) is 1.26. The minimum absolute atomic E-state index is 0.248. The summed E-state index contributed by atoms with van der Waals surface area (Å²) in [6.07, 6.45) is 1.42. The fourth-order valence-electron chi connectivity index (χ4n) is 0.876. The van der Waals surface area contributed by atoms with Crippen LogP contribution < -0.4 is 21.2 Å². The van der Waals surface area contributed by atoms with Gasteiger partial charge in [-0.2, -0.15) is 0 Å². The molecular weight excluding hydrogens is 288 g/mol. The van der Waals surface area contributed by atoms with Crippen LogP contribution in [0.4, 0.5) is 0 Å². The van der Waals surface area contributed by atoms with E-state index in [2.05, 4.69) is 9.97 Å². The van der Waals surface area contributed by atoms with Gasteiger partial charge in [-0.05, 0) is 0 Å². The van der Waals surface area contributed by atoms with Gasteiger partial charge in [0, 0.05) is 0 Å². The fraction of sp³-hybridized carbons (Fsp3) is 0.286. The van der Waals surface area contributed by atoms with Crippen molar-refractivity contribution in [3.8, 4) is 6.07 Å². The summed E-state index contributed by atoms with van der Waals surface area (Å²) < 4.78 is 1.74. The first kappa shape index (κ1) is 8.20. The molecule has 0 N–H and O–H groups in total. The Morgan fingerprint density at radius 3 is 3.08 bits per heavy atom. The van der Waals surface area contributed by atoms with E-state index in [1.165, 1.54) is 10.6 Å². The summed E-state index contributed by atoms with van der Waals surface area (Å²) in [6, 6.07) is 2.03. The van der Waals surface area contributed by atoms with Crippen LogP contribution in [0, 0.1) is 11.3 Å². The molecule has 0 aliphatic carbocycles. The summed E-state index contributed by atoms with van der Waals surface area (Å²) in [4.78, 5) is 8.03. The molecule has 12 heavy (non-hydrogen) atoms. The van der Waals surface area contributed by atoms with Gasteiger partial charge < -0.3 is 0 Å². The average Bonchev–Trinajstić information content (AvgIpc) is 2.87. The standard InChI is InChI=1S/C7H4ClIN3/c8-6-3-11-5(2-10)7(12-6)4-1-9-4/h3-4H,1H2/q-1. The van der Waals surface area contributed by atoms with Gasteiger partial charge in [-0.15, -0.1) is 0 Å². The molecule has 1 aromatic heterocycles. The molecular formula is C7H4ClIN3-. The van der Waals surface area contributed by atoms with E-state index in [0.29, 0.717) is 14.8 Å². The Hall–Kier alpha value is -0.410. The Morgan fingerprint density at radius 2 is 2.50 bits per heavy atom. The third-order valence-electron chi connectivity index (χ3n) is 1.48. The molecule has 2 rings (SSSR count). The van der Waals surface area contributed by atoms with Crippen LogP contribution in [0.3, 0.4) is 0 Å². The van der Waals surface area contributed by atoms with Crippen molar-refractivity contribution in [2.75, 3.05) is 4.43 Å². The summed E-state index contributed by atoms with van der Waals surface area (Å²) in [5, 5.41) is 9.09. The Kier molecular flexibility index (Phi) is 2.15. The van der Waals surface area contributed by atoms with Crippen LogP contribution in [-0.2, 0) is 0 Å². The second kappa shape index (κ2) is 3.15. The maximum absolute atomic E-state index is 8.70. The monoisotopic (exact) mass is 292 g/mol. The van der Waals surface area contributed by atoms with Crippen molar-refractivity contribution in [3.63, 3.8) is 0 Å². The molecule has 1 saturated heterocycles. The number of hydrogen-bond acceptors (Lipinski definition) is 3. The van der Waals surface area contributed by atoms with E-state index in [9.17, 15) is 0 Å². The zero-order valence-electron chi connectivity index (χ0n) is 5.96. The van der Waals surface area contributed by atoms with E-state index in [4.69, 9.17) is 16.9 Å². The molecule has 2 heterocycles. The van der Waals surface area contributed by atoms with E-state index in [-0.39, 0.29) is 21.2 Å². The van der Waals surface area contributed by atoms with Gasteiger partial charge in [-0.1, -0.05) is 0 Å². The molecule has 0 bridgehead atoms. The molecule has 1 aliphatic rings. The Labute approximate surface area is 85.0 Å². The molecule has 5 heteroatoms. The van der Waals surface area contributed by atoms with Crippen LogP contribution in [-0.4, -0.2) is 14.4 Å². The van der Waals surface area contributed by atoms with E-state index in [0.717, 1.165) is 5.69 Å². The number of rotatable bonds is 1. The fourth-order valence-corrected chi connectivity index (χ4v) is 2.54. The summed E-state index contributed by atoms with van der Waals surface area (Å²) in [5.74, 6) is 0. The number of alkyl halides is 2. The van der Waals surface area contributed by atoms with Gasteiger partial charge in [0.15, 0.2) is 0 Å². The summed E-state index contributed by atoms with van der Waals surface area (Å²) >= 11 is 5.92. The van der Waals surface area contributed by atoms with Crippen LogP contribution in [0.15, 0.2) is 6.20 Å². The molecule has 1 aromatic rings. The third-order valence-corrected chi connectivity index (χ3v) is 4.01. The zero-order chi connectivity index (χ0) is 8.55. The van der Waals surface area contributed by atoms with Gasteiger partial charge in [-0.3, -0.25) is 0 Å². The molecule has 0 saturated carbocycles. The van der Waals surface area contributed by atoms with Crippen molar-refractivity contribution in [2.45, 2.75) is 3.92 Å². The van der Waals surface area contributed by atoms with Gasteiger partial charge in [0.1, 0.15) is 0 Å². The second-order valence-corrected chi connectivity index (χ2v) is 5.97. The summed E-state index contributed by atoms with van der Waals surface area (Å²) in [7, 11) is 0. The quantitative estimate of drug-likeness (QED) is 0.451. The van der Waals surface area contributed by atoms with E-state index in [1.807, 2.05) is 6.07 Å². The Balaban J connectivity index is 2.48. The van der Waals surface area contributed by atoms with E-state index >= 15 is 0 Å². The van der Waals surface area contributed by atoms with E-state index in [1.54, 1.807) is 0 Å². The normalized spacial score (nSPS) is 20.8. The molecule has 0 radical (unpaired) electrons. The molecule has 62 valence electrons. The van der Waals surface area contributed by atoms with Crippen LogP contribution >= 0.6 is 11.6 Å². The van der Waals surface area contributed by atoms with Gasteiger partial charge >= 0.3 is 85.2 Å². The van der Waals surface area contributed by atoms with Crippen LogP contribution in [0.5, 0.6) is 0 Å². The number of aromatic nitrogens is 2. The van der Waals surface area contributed by atoms with Crippen molar-refractivity contribution >= 4 is 11.6 Å². The Morgan fingerprint density at radius 1 is 1.75 bits per heavy atom. The number of hydrogen-bond donors (Lipinski definition) is 0. The minimum atomic E-state index is 0.248. The van der Waals surface area contributed by atoms with Crippen molar-refractivity contribution in [1.82, 2.24) is 9.97 Å². The Bertz CT molecular complexity index is 356. The van der Waals surface area contributed by atoms with Gasteiger partial charge in [0.25, 0.3) is 0 Å². The topological polar surface area (TPSA) is 49.6 Å². The zero-order valence-corrected chi connectivity index (χ0v) is 8.87. The summed E-state index contributed by atoms with van der Waals surface area (Å²) in [6.45, 7) is 0. The molecule has 1 fully saturated rings. The molecule has 1 aliphatic heterocycles. The van der Waals surface area contributed by atoms with E-state index < -0.39 is 0 Å². The molecule has 3 nitrogen and oxygen atoms in total. The molecule has 0 amide bonds. The number of halogens is 2. The SMILES string of the molecule is N#Cc1ncc(Cl)nc1C1C[I-]1. The maximum atomic E-state index is 8.70. The third kappa shape index (κ3) is 1.52. The van der Waals surface area contributed by atoms with Gasteiger partial charge in [0.05, 0.1) is 0 Å². The van der Waals surface area contributed by atoms with Crippen molar-refractivity contribution in [1.29, 1.82) is 5.26 Å². The first-order valence-corrected chi connectivity index (χ1v) is 6.46. The first-order valence-electron chi connectivity index (χ1n) is 3.31. The number of nitriles is 1. The first-order chi connectivity index (χ1) is 5.81. The van der Waals surface area contributed by atoms with Gasteiger partial charge in [0.2, 0.25) is 0 Å². The average molecular weight is 292 g/mol. The second-order valence-electron chi connectivity index (χ2n) is 2.31. The van der Waals surface area contributed by atoms with Gasteiger partial charge in [-0.25, -0.2) is 0 Å². The van der Waals surface area contributed by atoms with Crippen LogP contribution in [0.2, 0.25) is 5.15 Å². The predicted molar refractivity (Wildman–Crippen MR) is 39.4 cm³/mol. The molecule has 0 aromatic carbocycles. The van der Waals surface area contributed by atoms with Crippen LogP contribution in [0.1, 0.15) is 15.3 Å².